The Labute approximate surface area is 149 Å². The van der Waals surface area contributed by atoms with Gasteiger partial charge in [0.25, 0.3) is 0 Å². The molecule has 0 bridgehead atoms. The Balaban J connectivity index is 1.40. The number of amides is 1. The molecular weight excluding hydrogens is 312 g/mol. The van der Waals surface area contributed by atoms with E-state index in [1.807, 2.05) is 60.7 Å². The molecule has 1 aliphatic heterocycles. The van der Waals surface area contributed by atoms with Crippen LogP contribution in [0.5, 0.6) is 0 Å². The van der Waals surface area contributed by atoms with Gasteiger partial charge in [-0.15, -0.1) is 0 Å². The lowest BCUT2D eigenvalue weighted by Gasteiger charge is -2.34. The maximum absolute atomic E-state index is 12.0. The number of anilines is 1. The van der Waals surface area contributed by atoms with Gasteiger partial charge in [0.2, 0.25) is 5.91 Å². The van der Waals surface area contributed by atoms with Gasteiger partial charge >= 0.3 is 0 Å². The van der Waals surface area contributed by atoms with E-state index in [1.165, 1.54) is 0 Å². The van der Waals surface area contributed by atoms with Crippen molar-refractivity contribution in [2.75, 3.05) is 25.0 Å². The lowest BCUT2D eigenvalue weighted by molar-refractivity contribution is -0.116. The standard InChI is InChI=1S/C21H26N2O2/c24-20(22-19-9-5-2-6-10-19)13-16-23-14-11-18(12-15-23)21(25)17-7-3-1-4-8-17/h1-10,18,21,25H,11-16H2,(H,22,24). The zero-order valence-electron chi connectivity index (χ0n) is 14.5. The summed E-state index contributed by atoms with van der Waals surface area (Å²) in [5.41, 5.74) is 1.85. The minimum Gasteiger partial charge on any atom is -0.388 e. The van der Waals surface area contributed by atoms with E-state index in [9.17, 15) is 9.90 Å². The van der Waals surface area contributed by atoms with Crippen LogP contribution in [0.4, 0.5) is 5.69 Å². The Bertz CT molecular complexity index is 652. The summed E-state index contributed by atoms with van der Waals surface area (Å²) < 4.78 is 0. The zero-order chi connectivity index (χ0) is 17.5. The first-order valence-electron chi connectivity index (χ1n) is 9.02. The van der Waals surface area contributed by atoms with Crippen LogP contribution in [-0.4, -0.2) is 35.5 Å². The van der Waals surface area contributed by atoms with Gasteiger partial charge in [-0.25, -0.2) is 0 Å². The van der Waals surface area contributed by atoms with E-state index >= 15 is 0 Å². The molecule has 25 heavy (non-hydrogen) atoms. The van der Waals surface area contributed by atoms with Gasteiger partial charge in [-0.3, -0.25) is 4.79 Å². The van der Waals surface area contributed by atoms with Crippen molar-refractivity contribution < 1.29 is 9.90 Å². The van der Waals surface area contributed by atoms with Crippen LogP contribution in [0.15, 0.2) is 60.7 Å². The Morgan fingerprint density at radius 1 is 1.04 bits per heavy atom. The fraction of sp³-hybridized carbons (Fsp3) is 0.381. The van der Waals surface area contributed by atoms with Crippen LogP contribution < -0.4 is 5.32 Å². The van der Waals surface area contributed by atoms with Crippen molar-refractivity contribution in [3.05, 3.63) is 66.2 Å². The molecule has 3 rings (SSSR count). The van der Waals surface area contributed by atoms with Crippen LogP contribution >= 0.6 is 0 Å². The first kappa shape index (κ1) is 17.6. The van der Waals surface area contributed by atoms with E-state index in [0.717, 1.165) is 43.7 Å². The first-order valence-corrected chi connectivity index (χ1v) is 9.02. The fourth-order valence-electron chi connectivity index (χ4n) is 3.42. The molecule has 0 radical (unpaired) electrons. The van der Waals surface area contributed by atoms with Crippen molar-refractivity contribution >= 4 is 11.6 Å². The Morgan fingerprint density at radius 3 is 2.28 bits per heavy atom. The molecule has 2 N–H and O–H groups in total. The van der Waals surface area contributed by atoms with E-state index in [2.05, 4.69) is 10.2 Å². The Morgan fingerprint density at radius 2 is 1.64 bits per heavy atom. The topological polar surface area (TPSA) is 52.6 Å². The van der Waals surface area contributed by atoms with Gasteiger partial charge in [-0.2, -0.15) is 0 Å². The molecule has 4 nitrogen and oxygen atoms in total. The second-order valence-electron chi connectivity index (χ2n) is 6.70. The molecule has 1 saturated heterocycles. The molecule has 2 aromatic carbocycles. The Kier molecular flexibility index (Phi) is 6.20. The maximum Gasteiger partial charge on any atom is 0.225 e. The lowest BCUT2D eigenvalue weighted by atomic mass is 9.87. The van der Waals surface area contributed by atoms with Crippen molar-refractivity contribution in [1.29, 1.82) is 0 Å². The van der Waals surface area contributed by atoms with Crippen molar-refractivity contribution in [2.24, 2.45) is 5.92 Å². The quantitative estimate of drug-likeness (QED) is 0.848. The van der Waals surface area contributed by atoms with Gasteiger partial charge in [-0.1, -0.05) is 48.5 Å². The minimum atomic E-state index is -0.385. The average Bonchev–Trinajstić information content (AvgIpc) is 2.68. The van der Waals surface area contributed by atoms with Crippen LogP contribution in [0.1, 0.15) is 30.9 Å². The first-order chi connectivity index (χ1) is 12.2. The highest BCUT2D eigenvalue weighted by atomic mass is 16.3. The van der Waals surface area contributed by atoms with Crippen LogP contribution in [-0.2, 0) is 4.79 Å². The number of carbonyl (C=O) groups is 1. The predicted octanol–water partition coefficient (Wildman–Crippen LogP) is 3.46. The molecule has 2 aromatic rings. The summed E-state index contributed by atoms with van der Waals surface area (Å²) in [7, 11) is 0. The highest BCUT2D eigenvalue weighted by Crippen LogP contribution is 2.30. The SMILES string of the molecule is O=C(CCN1CCC(C(O)c2ccccc2)CC1)Nc1ccccc1. The highest BCUT2D eigenvalue weighted by molar-refractivity contribution is 5.90. The molecule has 1 aliphatic rings. The molecule has 0 aliphatic carbocycles. The van der Waals surface area contributed by atoms with E-state index in [4.69, 9.17) is 0 Å². The number of para-hydroxylation sites is 1. The highest BCUT2D eigenvalue weighted by Gasteiger charge is 2.26. The summed E-state index contributed by atoms with van der Waals surface area (Å²) in [5.74, 6) is 0.356. The number of piperidine rings is 1. The van der Waals surface area contributed by atoms with E-state index in [-0.39, 0.29) is 12.0 Å². The zero-order valence-corrected chi connectivity index (χ0v) is 14.5. The van der Waals surface area contributed by atoms with E-state index < -0.39 is 0 Å². The third kappa shape index (κ3) is 5.15. The summed E-state index contributed by atoms with van der Waals surface area (Å²) in [6.45, 7) is 2.65. The number of hydrogen-bond acceptors (Lipinski definition) is 3. The van der Waals surface area contributed by atoms with E-state index in [0.29, 0.717) is 12.3 Å². The normalized spacial score (nSPS) is 17.2. The van der Waals surface area contributed by atoms with Gasteiger partial charge in [-0.05, 0) is 49.5 Å². The molecule has 0 spiro atoms. The maximum atomic E-state index is 12.0. The Hall–Kier alpha value is -2.17. The number of likely N-dealkylation sites (tertiary alicyclic amines) is 1. The molecule has 1 unspecified atom stereocenters. The van der Waals surface area contributed by atoms with Crippen LogP contribution in [0.2, 0.25) is 0 Å². The molecule has 132 valence electrons. The van der Waals surface area contributed by atoms with Crippen molar-refractivity contribution in [2.45, 2.75) is 25.4 Å². The van der Waals surface area contributed by atoms with E-state index in [1.54, 1.807) is 0 Å². The summed E-state index contributed by atoms with van der Waals surface area (Å²) >= 11 is 0. The van der Waals surface area contributed by atoms with Crippen LogP contribution in [0.25, 0.3) is 0 Å². The van der Waals surface area contributed by atoms with Gasteiger partial charge in [0, 0.05) is 18.7 Å². The lowest BCUT2D eigenvalue weighted by Crippen LogP contribution is -2.37. The van der Waals surface area contributed by atoms with Gasteiger partial charge in [0.15, 0.2) is 0 Å². The molecule has 0 saturated carbocycles. The molecule has 4 heteroatoms. The molecule has 1 heterocycles. The number of rotatable bonds is 6. The number of nitrogens with zero attached hydrogens (tertiary/aromatic N) is 1. The number of carbonyl (C=O) groups excluding carboxylic acids is 1. The second-order valence-corrected chi connectivity index (χ2v) is 6.70. The monoisotopic (exact) mass is 338 g/mol. The summed E-state index contributed by atoms with van der Waals surface area (Å²) in [6, 6.07) is 19.5. The van der Waals surface area contributed by atoms with Crippen molar-refractivity contribution in [3.8, 4) is 0 Å². The van der Waals surface area contributed by atoms with Crippen LogP contribution in [0.3, 0.4) is 0 Å². The predicted molar refractivity (Wildman–Crippen MR) is 100 cm³/mol. The number of aliphatic hydroxyl groups is 1. The summed E-state index contributed by atoms with van der Waals surface area (Å²) in [6.07, 6.45) is 2.05. The largest absolute Gasteiger partial charge is 0.388 e. The number of hydrogen-bond donors (Lipinski definition) is 2. The van der Waals surface area contributed by atoms with Crippen molar-refractivity contribution in [1.82, 2.24) is 4.90 Å². The fourth-order valence-corrected chi connectivity index (χ4v) is 3.42. The molecule has 1 amide bonds. The van der Waals surface area contributed by atoms with Crippen molar-refractivity contribution in [3.63, 3.8) is 0 Å². The third-order valence-corrected chi connectivity index (χ3v) is 4.93. The van der Waals surface area contributed by atoms with Gasteiger partial charge in [0.1, 0.15) is 0 Å². The minimum absolute atomic E-state index is 0.0534. The molecule has 1 fully saturated rings. The molecular formula is C21H26N2O2. The smallest absolute Gasteiger partial charge is 0.225 e. The number of benzene rings is 2. The van der Waals surface area contributed by atoms with Gasteiger partial charge in [0.05, 0.1) is 6.10 Å². The third-order valence-electron chi connectivity index (χ3n) is 4.93. The average molecular weight is 338 g/mol. The summed E-state index contributed by atoms with van der Waals surface area (Å²) in [4.78, 5) is 14.4. The molecule has 1 atom stereocenters. The number of nitrogens with one attached hydrogen (secondary N) is 1. The number of aliphatic hydroxyl groups excluding tert-OH is 1. The second kappa shape index (κ2) is 8.79. The van der Waals surface area contributed by atoms with Crippen LogP contribution in [0, 0.1) is 5.92 Å². The van der Waals surface area contributed by atoms with Gasteiger partial charge < -0.3 is 15.3 Å². The summed E-state index contributed by atoms with van der Waals surface area (Å²) in [5, 5.41) is 13.5. The molecule has 0 aromatic heterocycles.